The number of anilines is 1. The van der Waals surface area contributed by atoms with E-state index in [0.29, 0.717) is 0 Å². The molecule has 0 spiro atoms. The molecule has 1 rings (SSSR count). The molecule has 10 heteroatoms. The van der Waals surface area contributed by atoms with Gasteiger partial charge in [0.25, 0.3) is 0 Å². The van der Waals surface area contributed by atoms with Crippen molar-refractivity contribution in [2.45, 2.75) is 50.9 Å². The van der Waals surface area contributed by atoms with Crippen LogP contribution in [0.1, 0.15) is 0 Å². The minimum absolute atomic E-state index is 0. The van der Waals surface area contributed by atoms with Gasteiger partial charge in [0.2, 0.25) is 0 Å². The first-order valence-electron chi connectivity index (χ1n) is 8.09. The van der Waals surface area contributed by atoms with Gasteiger partial charge < -0.3 is 4.90 Å². The third kappa shape index (κ3) is 50.2. The molecule has 0 aromatic carbocycles. The van der Waals surface area contributed by atoms with Crippen molar-refractivity contribution < 1.29 is 30.4 Å². The van der Waals surface area contributed by atoms with Gasteiger partial charge in [-0.1, -0.05) is 0 Å². The van der Waals surface area contributed by atoms with Gasteiger partial charge in [0.1, 0.15) is 0 Å². The predicted octanol–water partition coefficient (Wildman–Crippen LogP) is 4.18. The molecule has 1 aromatic heterocycles. The van der Waals surface area contributed by atoms with Crippen LogP contribution in [0.2, 0.25) is 50.9 Å². The van der Waals surface area contributed by atoms with E-state index in [-0.39, 0.29) is 16.5 Å². The van der Waals surface area contributed by atoms with Crippen LogP contribution in [0.4, 0.5) is 5.69 Å². The first-order valence-corrected chi connectivity index (χ1v) is 22.9. The molecule has 0 amide bonds. The Hall–Kier alpha value is 0.188. The van der Waals surface area contributed by atoms with Gasteiger partial charge in [-0.25, -0.2) is 0 Å². The summed E-state index contributed by atoms with van der Waals surface area (Å²) >= 11 is 1.51. The second kappa shape index (κ2) is 29.4. The normalized spacial score (nSPS) is 8.14. The van der Waals surface area contributed by atoms with Crippen molar-refractivity contribution in [3.05, 3.63) is 44.5 Å². The average Bonchev–Trinajstić information content (AvgIpc) is 2.59. The van der Waals surface area contributed by atoms with Gasteiger partial charge in [0.15, 0.2) is 15.2 Å². The summed E-state index contributed by atoms with van der Waals surface area (Å²) in [6, 6.07) is 3.94. The maximum absolute atomic E-state index is 7.50. The largest absolute Gasteiger partial charge is 0.191 e. The van der Waals surface area contributed by atoms with Crippen LogP contribution < -0.4 is 4.90 Å². The molecule has 0 aliphatic rings. The Morgan fingerprint density at radius 3 is 1.18 bits per heavy atom. The number of hydrogen-bond acceptors (Lipinski definition) is 2. The van der Waals surface area contributed by atoms with Crippen LogP contribution >= 0.6 is 0 Å². The molecular weight excluding hydrogens is 509 g/mol. The zero-order valence-corrected chi connectivity index (χ0v) is 24.8. The van der Waals surface area contributed by atoms with Crippen molar-refractivity contribution in [2.75, 3.05) is 19.0 Å². The van der Waals surface area contributed by atoms with E-state index in [0.717, 1.165) is 29.7 Å². The Balaban J connectivity index is -0.0000000600. The molecule has 0 N–H and O–H groups in total. The standard InChI is InChI=1S/C7H10N2.C6H18AsSi2.3CO.2CH3.Al.Ni/c1-9(2)7-3-5-8-6-4-7;1-8(2,3)7-9(4,5)6;3*1-2;;;;/h3-6H,1-2H3;1-6H3;;;;2*1H3;;. The second-order valence-corrected chi connectivity index (χ2v) is 39.0. The topological polar surface area (TPSA) is 75.8 Å². The summed E-state index contributed by atoms with van der Waals surface area (Å²) in [5.41, 5.74) is 1.19. The van der Waals surface area contributed by atoms with Gasteiger partial charge >= 0.3 is 101 Å². The summed E-state index contributed by atoms with van der Waals surface area (Å²) in [7, 11) is 4.02. The minimum Gasteiger partial charge on any atom is -0.115 e. The Kier molecular flexibility index (Phi) is 44.4. The molecule has 1 aromatic rings. The molecule has 0 aliphatic carbocycles. The third-order valence-electron chi connectivity index (χ3n) is 1.85. The van der Waals surface area contributed by atoms with Crippen molar-refractivity contribution in [3.63, 3.8) is 0 Å². The Labute approximate surface area is 197 Å². The molecule has 1 heterocycles. The van der Waals surface area contributed by atoms with Gasteiger partial charge in [0, 0.05) is 48.7 Å². The molecule has 0 saturated heterocycles. The van der Waals surface area contributed by atoms with Crippen LogP contribution in [0.3, 0.4) is 0 Å². The summed E-state index contributed by atoms with van der Waals surface area (Å²) in [5, 5.41) is 0. The van der Waals surface area contributed by atoms with E-state index in [1.165, 1.54) is 5.69 Å². The van der Waals surface area contributed by atoms with E-state index in [9.17, 15) is 0 Å². The monoisotopic (exact) mass is 542 g/mol. The van der Waals surface area contributed by atoms with Gasteiger partial charge in [-0.05, 0) is 12.1 Å². The van der Waals surface area contributed by atoms with E-state index in [1.807, 2.05) is 31.1 Å². The van der Waals surface area contributed by atoms with E-state index >= 15 is 0 Å². The second-order valence-electron chi connectivity index (χ2n) is 7.13. The zero-order valence-electron chi connectivity index (χ0n) is 18.8. The van der Waals surface area contributed by atoms with Gasteiger partial charge in [-0.15, -0.1) is 11.6 Å². The molecule has 0 unspecified atom stereocenters. The van der Waals surface area contributed by atoms with Crippen molar-refractivity contribution in [3.8, 4) is 0 Å². The Morgan fingerprint density at radius 1 is 0.821 bits per heavy atom. The molecule has 0 aliphatic heterocycles. The van der Waals surface area contributed by atoms with E-state index < -0.39 is 13.1 Å². The molecule has 28 heavy (non-hydrogen) atoms. The zero-order chi connectivity index (χ0) is 23.1. The van der Waals surface area contributed by atoms with Crippen LogP contribution in [-0.2, 0) is 30.4 Å². The summed E-state index contributed by atoms with van der Waals surface area (Å²) < 4.78 is 22.5. The molecular formula is C18H34AlAsN2NiO3Si2. The molecule has 0 bridgehead atoms. The molecule has 160 valence electrons. The van der Waals surface area contributed by atoms with Crippen molar-refractivity contribution in [1.29, 1.82) is 0 Å². The van der Waals surface area contributed by atoms with Gasteiger partial charge in [0.05, 0.1) is 0 Å². The first kappa shape index (κ1) is 42.3. The van der Waals surface area contributed by atoms with E-state index in [2.05, 4.69) is 75.8 Å². The summed E-state index contributed by atoms with van der Waals surface area (Å²) in [4.78, 5) is 5.94. The SMILES string of the molecule is CN(C)c1ccncc1.C[Si](C)(C)[As][Si](C)(C)C.[C-]#[O+].[C-]#[O+].[C-]#[O+].[CH3][Al][CH3].[Ni]. The van der Waals surface area contributed by atoms with E-state index in [1.54, 1.807) is 12.4 Å². The average molecular weight is 543 g/mol. The smallest absolute Gasteiger partial charge is 0.115 e. The molecule has 0 fully saturated rings. The number of hydrogen-bond donors (Lipinski definition) is 0. The van der Waals surface area contributed by atoms with Crippen molar-refractivity contribution in [1.82, 2.24) is 4.98 Å². The van der Waals surface area contributed by atoms with Gasteiger partial charge in [-0.2, -0.15) is 0 Å². The van der Waals surface area contributed by atoms with E-state index in [4.69, 9.17) is 14.0 Å². The maximum Gasteiger partial charge on any atom is 0.191 e. The molecule has 0 saturated carbocycles. The fraction of sp³-hybridized carbons (Fsp3) is 0.556. The van der Waals surface area contributed by atoms with Crippen LogP contribution in [0.25, 0.3) is 0 Å². The summed E-state index contributed by atoms with van der Waals surface area (Å²) in [5.74, 6) is 4.42. The number of rotatable bonds is 3. The third-order valence-corrected chi connectivity index (χ3v) is 32.6. The van der Waals surface area contributed by atoms with Crippen LogP contribution in [0.15, 0.2) is 24.5 Å². The number of pyridine rings is 1. The van der Waals surface area contributed by atoms with Crippen molar-refractivity contribution >= 4 is 48.4 Å². The molecule has 5 nitrogen and oxygen atoms in total. The van der Waals surface area contributed by atoms with Crippen molar-refractivity contribution in [2.24, 2.45) is 0 Å². The maximum atomic E-state index is 7.50. The minimum atomic E-state index is -0.637. The summed E-state index contributed by atoms with van der Waals surface area (Å²) in [6.45, 7) is 27.3. The summed E-state index contributed by atoms with van der Waals surface area (Å²) in [6.07, 6.45) is 3.57. The predicted molar refractivity (Wildman–Crippen MR) is 120 cm³/mol. The Bertz CT molecular complexity index is 451. The van der Waals surface area contributed by atoms with Crippen LogP contribution in [0, 0.1) is 20.0 Å². The number of nitrogens with zero attached hydrogens (tertiary/aromatic N) is 2. The fourth-order valence-electron chi connectivity index (χ4n) is 1.65. The molecule has 2 radical (unpaired) electrons. The fourth-order valence-corrected chi connectivity index (χ4v) is 47.7. The van der Waals surface area contributed by atoms with Crippen LogP contribution in [0.5, 0.6) is 0 Å². The van der Waals surface area contributed by atoms with Crippen LogP contribution in [-0.4, -0.2) is 61.8 Å². The molecule has 0 atom stereocenters. The Morgan fingerprint density at radius 2 is 1.07 bits per heavy atom. The quantitative estimate of drug-likeness (QED) is 0.326. The first-order chi connectivity index (χ1) is 12.4. The van der Waals surface area contributed by atoms with Gasteiger partial charge in [-0.3, -0.25) is 4.98 Å². The number of aromatic nitrogens is 1.